The highest BCUT2D eigenvalue weighted by atomic mass is 19.4. The van der Waals surface area contributed by atoms with Crippen molar-refractivity contribution in [3.8, 4) is 11.9 Å². The highest BCUT2D eigenvalue weighted by Crippen LogP contribution is 2.35. The fraction of sp³-hybridized carbons (Fsp3) is 0.400. The Kier molecular flexibility index (Phi) is 4.06. The first-order chi connectivity index (χ1) is 8.31. The minimum Gasteiger partial charge on any atom is -0.481 e. The molecule has 3 nitrogen and oxygen atoms in total. The molecule has 0 spiro atoms. The van der Waals surface area contributed by atoms with E-state index in [9.17, 15) is 22.0 Å². The third-order valence-electron chi connectivity index (χ3n) is 2.10. The summed E-state index contributed by atoms with van der Waals surface area (Å²) < 4.78 is 67.2. The van der Waals surface area contributed by atoms with Crippen LogP contribution in [-0.2, 0) is 12.6 Å². The number of pyridine rings is 1. The maximum atomic E-state index is 12.7. The molecule has 0 N–H and O–H groups in total. The molecule has 18 heavy (non-hydrogen) atoms. The van der Waals surface area contributed by atoms with E-state index in [1.54, 1.807) is 6.07 Å². The van der Waals surface area contributed by atoms with Crippen LogP contribution in [0.2, 0.25) is 0 Å². The number of hydrogen-bond acceptors (Lipinski definition) is 3. The van der Waals surface area contributed by atoms with Gasteiger partial charge < -0.3 is 4.74 Å². The lowest BCUT2D eigenvalue weighted by Gasteiger charge is -2.14. The van der Waals surface area contributed by atoms with Gasteiger partial charge in [-0.15, -0.1) is 0 Å². The van der Waals surface area contributed by atoms with Crippen LogP contribution in [0.5, 0.6) is 5.88 Å². The van der Waals surface area contributed by atoms with Crippen LogP contribution in [0, 0.1) is 11.3 Å². The van der Waals surface area contributed by atoms with Crippen LogP contribution in [0.15, 0.2) is 6.07 Å². The monoisotopic (exact) mass is 266 g/mol. The molecule has 0 fully saturated rings. The third kappa shape index (κ3) is 2.85. The molecule has 1 aromatic heterocycles. The topological polar surface area (TPSA) is 45.9 Å². The van der Waals surface area contributed by atoms with E-state index in [2.05, 4.69) is 9.72 Å². The summed E-state index contributed by atoms with van der Waals surface area (Å²) in [5, 5.41) is 8.47. The van der Waals surface area contributed by atoms with Crippen molar-refractivity contribution in [1.29, 1.82) is 5.26 Å². The summed E-state index contributed by atoms with van der Waals surface area (Å²) in [5.74, 6) is -0.610. The molecule has 0 saturated carbocycles. The minimum absolute atomic E-state index is 0.236. The first kappa shape index (κ1) is 14.2. The van der Waals surface area contributed by atoms with Gasteiger partial charge in [-0.25, -0.2) is 13.8 Å². The van der Waals surface area contributed by atoms with Crippen LogP contribution in [-0.4, -0.2) is 12.1 Å². The quantitative estimate of drug-likeness (QED) is 0.789. The van der Waals surface area contributed by atoms with Crippen molar-refractivity contribution in [2.75, 3.05) is 7.11 Å². The smallest absolute Gasteiger partial charge is 0.433 e. The van der Waals surface area contributed by atoms with Gasteiger partial charge in [-0.3, -0.25) is 0 Å². The number of methoxy groups -OCH3 is 1. The fourth-order valence-corrected chi connectivity index (χ4v) is 1.33. The van der Waals surface area contributed by atoms with Crippen molar-refractivity contribution in [2.24, 2.45) is 0 Å². The molecule has 1 heterocycles. The Bertz CT molecular complexity index is 478. The van der Waals surface area contributed by atoms with E-state index >= 15 is 0 Å². The van der Waals surface area contributed by atoms with Crippen LogP contribution in [0.4, 0.5) is 22.0 Å². The van der Waals surface area contributed by atoms with Gasteiger partial charge in [-0.05, 0) is 6.07 Å². The zero-order chi connectivity index (χ0) is 13.9. The molecular formula is C10H7F5N2O. The first-order valence-electron chi connectivity index (χ1n) is 4.61. The largest absolute Gasteiger partial charge is 0.481 e. The molecule has 98 valence electrons. The number of halogens is 5. The number of alkyl halides is 5. The van der Waals surface area contributed by atoms with Crippen molar-refractivity contribution < 1.29 is 26.7 Å². The average Bonchev–Trinajstić information content (AvgIpc) is 2.27. The number of nitriles is 1. The lowest BCUT2D eigenvalue weighted by molar-refractivity contribution is -0.141. The summed E-state index contributed by atoms with van der Waals surface area (Å²) in [6.45, 7) is 0. The molecule has 0 aliphatic carbocycles. The predicted molar refractivity (Wildman–Crippen MR) is 50.1 cm³/mol. The van der Waals surface area contributed by atoms with Crippen LogP contribution >= 0.6 is 0 Å². The van der Waals surface area contributed by atoms with Gasteiger partial charge in [-0.2, -0.15) is 18.4 Å². The summed E-state index contributed by atoms with van der Waals surface area (Å²) >= 11 is 0. The van der Waals surface area contributed by atoms with Crippen molar-refractivity contribution in [3.05, 3.63) is 22.9 Å². The summed E-state index contributed by atoms with van der Waals surface area (Å²) in [6, 6.07) is 1.81. The molecule has 0 atom stereocenters. The molecule has 0 aliphatic rings. The van der Waals surface area contributed by atoms with Gasteiger partial charge in [0.25, 0.3) is 6.43 Å². The van der Waals surface area contributed by atoms with E-state index < -0.39 is 36.2 Å². The predicted octanol–water partition coefficient (Wildman–Crippen LogP) is 3.11. The maximum Gasteiger partial charge on any atom is 0.433 e. The number of ether oxygens (including phenoxy) is 1. The Hall–Kier alpha value is -1.91. The van der Waals surface area contributed by atoms with Crippen molar-refractivity contribution in [1.82, 2.24) is 4.98 Å². The Balaban J connectivity index is 3.49. The van der Waals surface area contributed by atoms with E-state index in [1.807, 2.05) is 0 Å². The SMILES string of the molecule is COc1nc(C(F)(F)F)cc(C(F)F)c1CC#N. The first-order valence-corrected chi connectivity index (χ1v) is 4.61. The summed E-state index contributed by atoms with van der Waals surface area (Å²) in [4.78, 5) is 3.09. The number of rotatable bonds is 3. The van der Waals surface area contributed by atoms with Gasteiger partial charge in [0.15, 0.2) is 0 Å². The van der Waals surface area contributed by atoms with E-state index in [0.29, 0.717) is 0 Å². The van der Waals surface area contributed by atoms with Crippen LogP contribution in [0.1, 0.15) is 23.2 Å². The average molecular weight is 266 g/mol. The van der Waals surface area contributed by atoms with E-state index in [4.69, 9.17) is 5.26 Å². The molecule has 0 amide bonds. The molecule has 1 rings (SSSR count). The second-order valence-corrected chi connectivity index (χ2v) is 3.22. The number of nitrogens with zero attached hydrogens (tertiary/aromatic N) is 2. The van der Waals surface area contributed by atoms with Gasteiger partial charge in [-0.1, -0.05) is 0 Å². The molecule has 0 aromatic carbocycles. The molecule has 8 heteroatoms. The molecule has 0 radical (unpaired) electrons. The van der Waals surface area contributed by atoms with Gasteiger partial charge in [0.1, 0.15) is 5.69 Å². The molecule has 1 aromatic rings. The van der Waals surface area contributed by atoms with Gasteiger partial charge in [0.05, 0.1) is 19.6 Å². The minimum atomic E-state index is -4.86. The van der Waals surface area contributed by atoms with Crippen molar-refractivity contribution >= 4 is 0 Å². The Morgan fingerprint density at radius 2 is 2.06 bits per heavy atom. The zero-order valence-corrected chi connectivity index (χ0v) is 9.05. The van der Waals surface area contributed by atoms with Gasteiger partial charge in [0.2, 0.25) is 5.88 Å². The summed E-state index contributed by atoms with van der Waals surface area (Å²) in [6.07, 6.45) is -8.51. The molecule has 0 saturated heterocycles. The van der Waals surface area contributed by atoms with E-state index in [0.717, 1.165) is 7.11 Å². The maximum absolute atomic E-state index is 12.7. The Labute approximate surface area is 98.8 Å². The van der Waals surface area contributed by atoms with Crippen molar-refractivity contribution in [3.63, 3.8) is 0 Å². The number of hydrogen-bond donors (Lipinski definition) is 0. The highest BCUT2D eigenvalue weighted by Gasteiger charge is 2.35. The Morgan fingerprint density at radius 3 is 2.44 bits per heavy atom. The van der Waals surface area contributed by atoms with Crippen LogP contribution < -0.4 is 4.74 Å². The standard InChI is InChI=1S/C10H7F5N2O/c1-18-9-5(2-3-16)6(8(11)12)4-7(17-9)10(13,14)15/h4,8H,2H2,1H3. The zero-order valence-electron chi connectivity index (χ0n) is 9.05. The van der Waals surface area contributed by atoms with Crippen LogP contribution in [0.25, 0.3) is 0 Å². The molecule has 0 bridgehead atoms. The highest BCUT2D eigenvalue weighted by molar-refractivity contribution is 5.40. The second kappa shape index (κ2) is 5.16. The van der Waals surface area contributed by atoms with E-state index in [1.165, 1.54) is 0 Å². The van der Waals surface area contributed by atoms with E-state index in [-0.39, 0.29) is 11.6 Å². The van der Waals surface area contributed by atoms with Gasteiger partial charge in [0, 0.05) is 11.1 Å². The van der Waals surface area contributed by atoms with Crippen LogP contribution in [0.3, 0.4) is 0 Å². The normalized spacial score (nSPS) is 11.4. The summed E-state index contributed by atoms with van der Waals surface area (Å²) in [5.41, 5.74) is -2.70. The molecule has 0 aliphatic heterocycles. The Morgan fingerprint density at radius 1 is 1.44 bits per heavy atom. The second-order valence-electron chi connectivity index (χ2n) is 3.22. The molecule has 0 unspecified atom stereocenters. The fourth-order valence-electron chi connectivity index (χ4n) is 1.33. The lowest BCUT2D eigenvalue weighted by atomic mass is 10.1. The number of aromatic nitrogens is 1. The van der Waals surface area contributed by atoms with Gasteiger partial charge >= 0.3 is 6.18 Å². The third-order valence-corrected chi connectivity index (χ3v) is 2.10. The summed E-state index contributed by atoms with van der Waals surface area (Å²) in [7, 11) is 0.999. The molecular weight excluding hydrogens is 259 g/mol. The lowest BCUT2D eigenvalue weighted by Crippen LogP contribution is -2.12. The van der Waals surface area contributed by atoms with Crippen molar-refractivity contribution in [2.45, 2.75) is 19.0 Å².